The quantitative estimate of drug-likeness (QED) is 0.649. The highest BCUT2D eigenvalue weighted by Gasteiger charge is 2.43. The van der Waals surface area contributed by atoms with Gasteiger partial charge in [-0.25, -0.2) is 0 Å². The average molecular weight is 250 g/mol. The molecule has 0 saturated heterocycles. The molecule has 2 saturated carbocycles. The third kappa shape index (κ3) is 3.85. The number of fused-ring (bicyclic) bond motifs is 2. The highest BCUT2D eigenvalue weighted by molar-refractivity contribution is 5.00. The molecular formula is C17H30O. The second-order valence-electron chi connectivity index (χ2n) is 7.18. The molecule has 0 aromatic carbocycles. The molecule has 1 unspecified atom stereocenters. The standard InChI is InChI=1S/C17H30O/c1-14(2)6-7-16(18)5-3-4-10-17-11-8-15(13-17)9-12-17/h3-4,14-16,18H,5-13H2,1-2H3. The van der Waals surface area contributed by atoms with Gasteiger partial charge in [-0.15, -0.1) is 0 Å². The maximum Gasteiger partial charge on any atom is 0.0574 e. The molecule has 0 aromatic heterocycles. The SMILES string of the molecule is CC(C)CCC(O)CC=CCC12CCC(CC1)C2. The zero-order chi connectivity index (χ0) is 13.0. The molecule has 0 amide bonds. The highest BCUT2D eigenvalue weighted by Crippen LogP contribution is 2.56. The third-order valence-electron chi connectivity index (χ3n) is 5.09. The van der Waals surface area contributed by atoms with Crippen LogP contribution in [0, 0.1) is 17.3 Å². The van der Waals surface area contributed by atoms with Crippen molar-refractivity contribution in [2.24, 2.45) is 17.3 Å². The van der Waals surface area contributed by atoms with E-state index < -0.39 is 0 Å². The summed E-state index contributed by atoms with van der Waals surface area (Å²) < 4.78 is 0. The molecule has 2 aliphatic carbocycles. The Bertz CT molecular complexity index is 271. The molecule has 0 spiro atoms. The van der Waals surface area contributed by atoms with Crippen LogP contribution in [0.25, 0.3) is 0 Å². The van der Waals surface area contributed by atoms with Gasteiger partial charge in [0, 0.05) is 0 Å². The van der Waals surface area contributed by atoms with Gasteiger partial charge in [0.25, 0.3) is 0 Å². The number of aliphatic hydroxyl groups is 1. The molecule has 2 rings (SSSR count). The lowest BCUT2D eigenvalue weighted by Crippen LogP contribution is -2.12. The Morgan fingerprint density at radius 2 is 1.89 bits per heavy atom. The van der Waals surface area contributed by atoms with Crippen LogP contribution in [0.2, 0.25) is 0 Å². The van der Waals surface area contributed by atoms with Crippen molar-refractivity contribution in [3.63, 3.8) is 0 Å². The van der Waals surface area contributed by atoms with E-state index in [0.29, 0.717) is 11.3 Å². The first-order valence-corrected chi connectivity index (χ1v) is 7.93. The van der Waals surface area contributed by atoms with Crippen molar-refractivity contribution in [3.8, 4) is 0 Å². The number of allylic oxidation sites excluding steroid dienone is 1. The normalized spacial score (nSPS) is 32.8. The van der Waals surface area contributed by atoms with Crippen LogP contribution in [0.3, 0.4) is 0 Å². The van der Waals surface area contributed by atoms with Gasteiger partial charge in [-0.3, -0.25) is 0 Å². The van der Waals surface area contributed by atoms with Gasteiger partial charge in [-0.2, -0.15) is 0 Å². The summed E-state index contributed by atoms with van der Waals surface area (Å²) in [4.78, 5) is 0. The van der Waals surface area contributed by atoms with Crippen LogP contribution >= 0.6 is 0 Å². The lowest BCUT2D eigenvalue weighted by atomic mass is 9.81. The summed E-state index contributed by atoms with van der Waals surface area (Å²) in [5.41, 5.74) is 0.671. The van der Waals surface area contributed by atoms with E-state index in [-0.39, 0.29) is 6.10 Å². The van der Waals surface area contributed by atoms with Crippen LogP contribution in [0.15, 0.2) is 12.2 Å². The van der Waals surface area contributed by atoms with Gasteiger partial charge in [0.1, 0.15) is 0 Å². The largest absolute Gasteiger partial charge is 0.393 e. The fourth-order valence-corrected chi connectivity index (χ4v) is 3.83. The van der Waals surface area contributed by atoms with Crippen molar-refractivity contribution in [1.82, 2.24) is 0 Å². The van der Waals surface area contributed by atoms with E-state index in [2.05, 4.69) is 26.0 Å². The summed E-state index contributed by atoms with van der Waals surface area (Å²) in [5.74, 6) is 1.76. The fraction of sp³-hybridized carbons (Fsp3) is 0.882. The molecule has 1 nitrogen and oxygen atoms in total. The van der Waals surface area contributed by atoms with Gasteiger partial charge in [-0.1, -0.05) is 26.0 Å². The minimum absolute atomic E-state index is 0.124. The molecule has 18 heavy (non-hydrogen) atoms. The number of rotatable bonds is 7. The predicted molar refractivity (Wildman–Crippen MR) is 77.5 cm³/mol. The molecule has 2 fully saturated rings. The molecule has 1 N–H and O–H groups in total. The second kappa shape index (κ2) is 6.23. The Morgan fingerprint density at radius 3 is 2.44 bits per heavy atom. The van der Waals surface area contributed by atoms with Crippen LogP contribution in [0.1, 0.15) is 71.6 Å². The first-order valence-electron chi connectivity index (χ1n) is 7.93. The Labute approximate surface area is 113 Å². The van der Waals surface area contributed by atoms with Gasteiger partial charge in [0.15, 0.2) is 0 Å². The van der Waals surface area contributed by atoms with Gasteiger partial charge in [0.2, 0.25) is 0 Å². The molecule has 0 heterocycles. The van der Waals surface area contributed by atoms with Gasteiger partial charge in [0.05, 0.1) is 6.10 Å². The van der Waals surface area contributed by atoms with E-state index in [4.69, 9.17) is 0 Å². The third-order valence-corrected chi connectivity index (χ3v) is 5.09. The van der Waals surface area contributed by atoms with E-state index >= 15 is 0 Å². The summed E-state index contributed by atoms with van der Waals surface area (Å²) >= 11 is 0. The topological polar surface area (TPSA) is 20.2 Å². The van der Waals surface area contributed by atoms with Crippen LogP contribution in [-0.2, 0) is 0 Å². The Balaban J connectivity index is 1.63. The molecular weight excluding hydrogens is 220 g/mol. The minimum atomic E-state index is -0.124. The monoisotopic (exact) mass is 250 g/mol. The lowest BCUT2D eigenvalue weighted by Gasteiger charge is -2.24. The number of hydrogen-bond acceptors (Lipinski definition) is 1. The van der Waals surface area contributed by atoms with Crippen molar-refractivity contribution < 1.29 is 5.11 Å². The maximum absolute atomic E-state index is 9.87. The molecule has 0 aliphatic heterocycles. The van der Waals surface area contributed by atoms with Gasteiger partial charge < -0.3 is 5.11 Å². The summed E-state index contributed by atoms with van der Waals surface area (Å²) in [7, 11) is 0. The van der Waals surface area contributed by atoms with E-state index in [1.54, 1.807) is 0 Å². The zero-order valence-electron chi connectivity index (χ0n) is 12.2. The van der Waals surface area contributed by atoms with Crippen LogP contribution in [0.5, 0.6) is 0 Å². The van der Waals surface area contributed by atoms with Crippen molar-refractivity contribution in [2.45, 2.75) is 77.7 Å². The fourth-order valence-electron chi connectivity index (χ4n) is 3.83. The van der Waals surface area contributed by atoms with E-state index in [9.17, 15) is 5.11 Å². The van der Waals surface area contributed by atoms with Crippen LogP contribution in [-0.4, -0.2) is 11.2 Å². The number of aliphatic hydroxyl groups excluding tert-OH is 1. The summed E-state index contributed by atoms with van der Waals surface area (Å²) in [6.07, 6.45) is 16.0. The zero-order valence-corrected chi connectivity index (χ0v) is 12.2. The van der Waals surface area contributed by atoms with E-state index in [0.717, 1.165) is 25.2 Å². The summed E-state index contributed by atoms with van der Waals surface area (Å²) in [5, 5.41) is 9.87. The molecule has 104 valence electrons. The lowest BCUT2D eigenvalue weighted by molar-refractivity contribution is 0.159. The maximum atomic E-state index is 9.87. The molecule has 2 aliphatic rings. The number of hydrogen-bond donors (Lipinski definition) is 1. The van der Waals surface area contributed by atoms with Crippen molar-refractivity contribution in [2.75, 3.05) is 0 Å². The van der Waals surface area contributed by atoms with Crippen LogP contribution in [0.4, 0.5) is 0 Å². The van der Waals surface area contributed by atoms with Crippen LogP contribution < -0.4 is 0 Å². The average Bonchev–Trinajstić information content (AvgIpc) is 2.92. The molecule has 2 bridgehead atoms. The minimum Gasteiger partial charge on any atom is -0.393 e. The van der Waals surface area contributed by atoms with E-state index in [1.165, 1.54) is 38.5 Å². The Hall–Kier alpha value is -0.300. The molecule has 0 radical (unpaired) electrons. The first kappa shape index (κ1) is 14.1. The van der Waals surface area contributed by atoms with Crippen molar-refractivity contribution in [1.29, 1.82) is 0 Å². The second-order valence-corrected chi connectivity index (χ2v) is 7.18. The van der Waals surface area contributed by atoms with Crippen molar-refractivity contribution >= 4 is 0 Å². The summed E-state index contributed by atoms with van der Waals surface area (Å²) in [6, 6.07) is 0. The highest BCUT2D eigenvalue weighted by atomic mass is 16.3. The van der Waals surface area contributed by atoms with Gasteiger partial charge in [-0.05, 0) is 75.0 Å². The smallest absolute Gasteiger partial charge is 0.0574 e. The molecule has 1 heteroatoms. The molecule has 1 atom stereocenters. The Kier molecular flexibility index (Phi) is 4.89. The molecule has 0 aromatic rings. The first-order chi connectivity index (χ1) is 8.60. The predicted octanol–water partition coefficient (Wildman–Crippen LogP) is 4.70. The van der Waals surface area contributed by atoms with E-state index in [1.807, 2.05) is 0 Å². The van der Waals surface area contributed by atoms with Crippen molar-refractivity contribution in [3.05, 3.63) is 12.2 Å². The summed E-state index contributed by atoms with van der Waals surface area (Å²) in [6.45, 7) is 4.44. The van der Waals surface area contributed by atoms with Gasteiger partial charge >= 0.3 is 0 Å². The Morgan fingerprint density at radius 1 is 1.17 bits per heavy atom.